The molecule has 98 valence electrons. The average molecular weight is 260 g/mol. The zero-order valence-corrected chi connectivity index (χ0v) is 11.1. The Labute approximate surface area is 102 Å². The third-order valence-corrected chi connectivity index (χ3v) is 3.39. The second-order valence-corrected chi connectivity index (χ2v) is 5.76. The summed E-state index contributed by atoms with van der Waals surface area (Å²) in [5.41, 5.74) is 1.10. The summed E-state index contributed by atoms with van der Waals surface area (Å²) in [4.78, 5) is 0. The van der Waals surface area contributed by atoms with Crippen LogP contribution in [0.1, 0.15) is 31.9 Å². The van der Waals surface area contributed by atoms with E-state index < -0.39 is 10.0 Å². The third kappa shape index (κ3) is 5.29. The van der Waals surface area contributed by atoms with Crippen LogP contribution >= 0.6 is 0 Å². The highest BCUT2D eigenvalue weighted by Crippen LogP contribution is 2.10. The van der Waals surface area contributed by atoms with E-state index in [0.717, 1.165) is 12.1 Å². The van der Waals surface area contributed by atoms with Crippen molar-refractivity contribution < 1.29 is 8.42 Å². The lowest BCUT2D eigenvalue weighted by molar-refractivity contribution is 0.559. The van der Waals surface area contributed by atoms with Gasteiger partial charge in [0.25, 0.3) is 0 Å². The molecule has 1 rings (SSSR count). The van der Waals surface area contributed by atoms with Crippen molar-refractivity contribution in [3.63, 3.8) is 0 Å². The van der Waals surface area contributed by atoms with E-state index in [1.54, 1.807) is 0 Å². The number of aryl methyl sites for hydroxylation is 1. The van der Waals surface area contributed by atoms with Crippen molar-refractivity contribution in [2.24, 2.45) is 5.14 Å². The highest BCUT2D eigenvalue weighted by atomic mass is 32.2. The predicted molar refractivity (Wildman–Crippen MR) is 66.9 cm³/mol. The average Bonchev–Trinajstić information content (AvgIpc) is 2.71. The summed E-state index contributed by atoms with van der Waals surface area (Å²) in [6.45, 7) is 5.52. The van der Waals surface area contributed by atoms with Gasteiger partial charge in [-0.2, -0.15) is 5.10 Å². The van der Waals surface area contributed by atoms with E-state index in [1.807, 2.05) is 30.9 Å². The Bertz CT molecular complexity index is 441. The molecule has 17 heavy (non-hydrogen) atoms. The monoisotopic (exact) mass is 260 g/mol. The number of sulfonamides is 1. The molecule has 3 N–H and O–H groups in total. The van der Waals surface area contributed by atoms with Crippen molar-refractivity contribution in [1.82, 2.24) is 15.1 Å². The summed E-state index contributed by atoms with van der Waals surface area (Å²) in [6.07, 6.45) is 4.32. The molecule has 0 saturated carbocycles. The van der Waals surface area contributed by atoms with E-state index in [2.05, 4.69) is 10.4 Å². The maximum atomic E-state index is 10.7. The lowest BCUT2D eigenvalue weighted by Crippen LogP contribution is -2.24. The fourth-order valence-electron chi connectivity index (χ4n) is 1.49. The van der Waals surface area contributed by atoms with Crippen molar-refractivity contribution in [2.45, 2.75) is 32.9 Å². The zero-order chi connectivity index (χ0) is 12.9. The standard InChI is InChI=1S/C10H20N4O2S/c1-3-14-8-10(7-13-14)9(2)12-5-4-6-17(11,15)16/h7-9,12H,3-6H2,1-2H3,(H2,11,15,16). The van der Waals surface area contributed by atoms with Gasteiger partial charge in [0.1, 0.15) is 0 Å². The van der Waals surface area contributed by atoms with E-state index in [4.69, 9.17) is 5.14 Å². The van der Waals surface area contributed by atoms with Crippen LogP contribution < -0.4 is 10.5 Å². The molecule has 0 aliphatic carbocycles. The topological polar surface area (TPSA) is 90.0 Å². The van der Waals surface area contributed by atoms with Crippen molar-refractivity contribution in [2.75, 3.05) is 12.3 Å². The highest BCUT2D eigenvalue weighted by Gasteiger charge is 2.08. The Morgan fingerprint density at radius 3 is 2.82 bits per heavy atom. The second kappa shape index (κ2) is 6.13. The van der Waals surface area contributed by atoms with Crippen LogP contribution in [0, 0.1) is 0 Å². The first-order valence-corrected chi connectivity index (χ1v) is 7.40. The number of primary sulfonamides is 1. The van der Waals surface area contributed by atoms with E-state index >= 15 is 0 Å². The van der Waals surface area contributed by atoms with Crippen LogP contribution in [0.4, 0.5) is 0 Å². The van der Waals surface area contributed by atoms with Gasteiger partial charge in [-0.15, -0.1) is 0 Å². The van der Waals surface area contributed by atoms with Crippen molar-refractivity contribution in [3.05, 3.63) is 18.0 Å². The lowest BCUT2D eigenvalue weighted by Gasteiger charge is -2.11. The van der Waals surface area contributed by atoms with Gasteiger partial charge in [0.05, 0.1) is 11.9 Å². The number of nitrogens with two attached hydrogens (primary N) is 1. The normalized spacial score (nSPS) is 13.8. The molecular weight excluding hydrogens is 240 g/mol. The van der Waals surface area contributed by atoms with Gasteiger partial charge in [-0.25, -0.2) is 13.6 Å². The van der Waals surface area contributed by atoms with Crippen molar-refractivity contribution in [3.8, 4) is 0 Å². The van der Waals surface area contributed by atoms with Crippen LogP contribution in [0.2, 0.25) is 0 Å². The molecule has 1 heterocycles. The fraction of sp³-hybridized carbons (Fsp3) is 0.700. The van der Waals surface area contributed by atoms with Crippen LogP contribution in [-0.2, 0) is 16.6 Å². The Morgan fingerprint density at radius 2 is 2.29 bits per heavy atom. The Morgan fingerprint density at radius 1 is 1.59 bits per heavy atom. The Hall–Kier alpha value is -0.920. The van der Waals surface area contributed by atoms with Crippen LogP contribution in [-0.4, -0.2) is 30.5 Å². The minimum atomic E-state index is -3.34. The van der Waals surface area contributed by atoms with Gasteiger partial charge in [-0.3, -0.25) is 4.68 Å². The molecule has 1 unspecified atom stereocenters. The van der Waals surface area contributed by atoms with Gasteiger partial charge in [-0.1, -0.05) is 0 Å². The van der Waals surface area contributed by atoms with Gasteiger partial charge in [0.15, 0.2) is 0 Å². The number of rotatable bonds is 7. The molecule has 0 saturated heterocycles. The Balaban J connectivity index is 2.32. The maximum absolute atomic E-state index is 10.7. The maximum Gasteiger partial charge on any atom is 0.209 e. The number of nitrogens with one attached hydrogen (secondary N) is 1. The molecule has 0 bridgehead atoms. The van der Waals surface area contributed by atoms with E-state index in [1.165, 1.54) is 0 Å². The van der Waals surface area contributed by atoms with Crippen molar-refractivity contribution in [1.29, 1.82) is 0 Å². The molecule has 0 aromatic carbocycles. The van der Waals surface area contributed by atoms with Gasteiger partial charge < -0.3 is 5.32 Å². The molecule has 7 heteroatoms. The largest absolute Gasteiger partial charge is 0.310 e. The summed E-state index contributed by atoms with van der Waals surface area (Å²) in [5, 5.41) is 12.3. The summed E-state index contributed by atoms with van der Waals surface area (Å²) in [6, 6.07) is 0.163. The molecule has 0 amide bonds. The van der Waals surface area contributed by atoms with Gasteiger partial charge >= 0.3 is 0 Å². The SMILES string of the molecule is CCn1cc(C(C)NCCCS(N)(=O)=O)cn1. The van der Waals surface area contributed by atoms with Gasteiger partial charge in [0, 0.05) is 24.3 Å². The molecule has 1 aromatic heterocycles. The highest BCUT2D eigenvalue weighted by molar-refractivity contribution is 7.89. The summed E-state index contributed by atoms with van der Waals surface area (Å²) in [7, 11) is -3.34. The van der Waals surface area contributed by atoms with E-state index in [-0.39, 0.29) is 11.8 Å². The molecule has 0 aliphatic rings. The predicted octanol–water partition coefficient (Wildman–Crippen LogP) is 0.232. The molecule has 6 nitrogen and oxygen atoms in total. The third-order valence-electron chi connectivity index (χ3n) is 2.53. The van der Waals surface area contributed by atoms with E-state index in [0.29, 0.717) is 13.0 Å². The van der Waals surface area contributed by atoms with Crippen LogP contribution in [0.15, 0.2) is 12.4 Å². The molecular formula is C10H20N4O2S. The first-order valence-electron chi connectivity index (χ1n) is 5.68. The smallest absolute Gasteiger partial charge is 0.209 e. The molecule has 0 fully saturated rings. The molecule has 0 spiro atoms. The Kier molecular flexibility index (Phi) is 5.10. The number of hydrogen-bond donors (Lipinski definition) is 2. The lowest BCUT2D eigenvalue weighted by atomic mass is 10.2. The minimum absolute atomic E-state index is 0.0148. The summed E-state index contributed by atoms with van der Waals surface area (Å²) >= 11 is 0. The van der Waals surface area contributed by atoms with Crippen molar-refractivity contribution >= 4 is 10.0 Å². The zero-order valence-electron chi connectivity index (χ0n) is 10.3. The quantitative estimate of drug-likeness (QED) is 0.687. The fourth-order valence-corrected chi connectivity index (χ4v) is 2.03. The summed E-state index contributed by atoms with van der Waals surface area (Å²) in [5.74, 6) is 0.0148. The summed E-state index contributed by atoms with van der Waals surface area (Å²) < 4.78 is 23.3. The number of hydrogen-bond acceptors (Lipinski definition) is 4. The number of nitrogens with zero attached hydrogens (tertiary/aromatic N) is 2. The van der Waals surface area contributed by atoms with E-state index in [9.17, 15) is 8.42 Å². The van der Waals surface area contributed by atoms with Crippen LogP contribution in [0.25, 0.3) is 0 Å². The molecule has 0 radical (unpaired) electrons. The first kappa shape index (κ1) is 14.1. The molecule has 0 aliphatic heterocycles. The molecule has 1 aromatic rings. The van der Waals surface area contributed by atoms with Crippen LogP contribution in [0.3, 0.4) is 0 Å². The number of aromatic nitrogens is 2. The van der Waals surface area contributed by atoms with Gasteiger partial charge in [0.2, 0.25) is 10.0 Å². The minimum Gasteiger partial charge on any atom is -0.310 e. The second-order valence-electron chi connectivity index (χ2n) is 4.03. The first-order chi connectivity index (χ1) is 7.92. The molecule has 1 atom stereocenters. The van der Waals surface area contributed by atoms with Crippen LogP contribution in [0.5, 0.6) is 0 Å². The van der Waals surface area contributed by atoms with Gasteiger partial charge in [-0.05, 0) is 26.8 Å².